The Hall–Kier alpha value is -2.34. The summed E-state index contributed by atoms with van der Waals surface area (Å²) in [4.78, 5) is 24.1. The predicted octanol–water partition coefficient (Wildman–Crippen LogP) is 4.03. The molecule has 1 heterocycles. The van der Waals surface area contributed by atoms with Gasteiger partial charge in [0.15, 0.2) is 6.61 Å². The highest BCUT2D eigenvalue weighted by molar-refractivity contribution is 6.31. The molecule has 25 heavy (non-hydrogen) atoms. The Labute approximate surface area is 149 Å². The van der Waals surface area contributed by atoms with E-state index in [2.05, 4.69) is 9.88 Å². The molecule has 2 aromatic rings. The lowest BCUT2D eigenvalue weighted by Gasteiger charge is -2.09. The molecule has 0 radical (unpaired) electrons. The number of benzene rings is 1. The quantitative estimate of drug-likeness (QED) is 0.815. The van der Waals surface area contributed by atoms with E-state index in [1.54, 1.807) is 6.07 Å². The van der Waals surface area contributed by atoms with Crippen LogP contribution < -0.4 is 5.32 Å². The average molecular weight is 365 g/mol. The molecular formula is C18H18ClFN2O3. The number of nitrogens with zero attached hydrogens (tertiary/aromatic N) is 1. The normalized spacial score (nSPS) is 13.6. The van der Waals surface area contributed by atoms with Crippen molar-refractivity contribution in [2.75, 3.05) is 11.9 Å². The molecular weight excluding hydrogens is 347 g/mol. The SMILES string of the molecule is Cc1cc(C(=O)OCC(=O)Nc2ccc(F)c(Cl)c2)c(C)n1C1CC1. The van der Waals surface area contributed by atoms with Crippen LogP contribution in [0.3, 0.4) is 0 Å². The smallest absolute Gasteiger partial charge is 0.340 e. The maximum atomic E-state index is 13.1. The second-order valence-electron chi connectivity index (χ2n) is 6.14. The zero-order valence-corrected chi connectivity index (χ0v) is 14.7. The fraction of sp³-hybridized carbons (Fsp3) is 0.333. The number of carbonyl (C=O) groups is 2. The van der Waals surface area contributed by atoms with Gasteiger partial charge in [0.2, 0.25) is 0 Å². The molecule has 1 saturated carbocycles. The number of carbonyl (C=O) groups excluding carboxylic acids is 2. The van der Waals surface area contributed by atoms with E-state index in [1.807, 2.05) is 13.8 Å². The standard InChI is InChI=1S/C18H18ClFN2O3/c1-10-7-14(11(2)22(10)13-4-5-13)18(24)25-9-17(23)21-12-3-6-16(20)15(19)8-12/h3,6-8,13H,4-5,9H2,1-2H3,(H,21,23). The summed E-state index contributed by atoms with van der Waals surface area (Å²) in [6.45, 7) is 3.40. The molecule has 3 rings (SSSR count). The lowest BCUT2D eigenvalue weighted by Crippen LogP contribution is -2.21. The van der Waals surface area contributed by atoms with E-state index in [1.165, 1.54) is 12.1 Å². The number of rotatable bonds is 5. The maximum absolute atomic E-state index is 13.1. The Kier molecular flexibility index (Phi) is 4.81. The van der Waals surface area contributed by atoms with Gasteiger partial charge in [-0.15, -0.1) is 0 Å². The Bertz CT molecular complexity index is 843. The van der Waals surface area contributed by atoms with Gasteiger partial charge in [0.25, 0.3) is 5.91 Å². The van der Waals surface area contributed by atoms with Crippen LogP contribution in [0.4, 0.5) is 10.1 Å². The van der Waals surface area contributed by atoms with Gasteiger partial charge in [-0.3, -0.25) is 4.79 Å². The minimum absolute atomic E-state index is 0.0951. The monoisotopic (exact) mass is 364 g/mol. The molecule has 1 N–H and O–H groups in total. The lowest BCUT2D eigenvalue weighted by atomic mass is 10.2. The number of hydrogen-bond acceptors (Lipinski definition) is 3. The van der Waals surface area contributed by atoms with Crippen molar-refractivity contribution in [2.24, 2.45) is 0 Å². The molecule has 1 aliphatic rings. The average Bonchev–Trinajstić information content (AvgIpc) is 3.34. The maximum Gasteiger partial charge on any atom is 0.340 e. The molecule has 5 nitrogen and oxygen atoms in total. The molecule has 1 fully saturated rings. The van der Waals surface area contributed by atoms with E-state index in [9.17, 15) is 14.0 Å². The molecule has 0 saturated heterocycles. The van der Waals surface area contributed by atoms with Crippen molar-refractivity contribution in [1.29, 1.82) is 0 Å². The van der Waals surface area contributed by atoms with E-state index in [-0.39, 0.29) is 5.02 Å². The van der Waals surface area contributed by atoms with Gasteiger partial charge in [-0.25, -0.2) is 9.18 Å². The second-order valence-corrected chi connectivity index (χ2v) is 6.55. The summed E-state index contributed by atoms with van der Waals surface area (Å²) in [6, 6.07) is 6.07. The van der Waals surface area contributed by atoms with E-state index in [4.69, 9.17) is 16.3 Å². The van der Waals surface area contributed by atoms with Crippen molar-refractivity contribution < 1.29 is 18.7 Å². The number of aryl methyl sites for hydroxylation is 1. The number of anilines is 1. The van der Waals surface area contributed by atoms with Crippen LogP contribution in [-0.2, 0) is 9.53 Å². The number of halogens is 2. The third-order valence-electron chi connectivity index (χ3n) is 4.15. The molecule has 0 atom stereocenters. The zero-order chi connectivity index (χ0) is 18.1. The van der Waals surface area contributed by atoms with Gasteiger partial charge < -0.3 is 14.6 Å². The van der Waals surface area contributed by atoms with Crippen LogP contribution in [0, 0.1) is 19.7 Å². The molecule has 7 heteroatoms. The highest BCUT2D eigenvalue weighted by Crippen LogP contribution is 2.38. The summed E-state index contributed by atoms with van der Waals surface area (Å²) in [5.41, 5.74) is 2.68. The van der Waals surface area contributed by atoms with Crippen molar-refractivity contribution in [1.82, 2.24) is 4.57 Å². The predicted molar refractivity (Wildman–Crippen MR) is 92.5 cm³/mol. The molecule has 1 aromatic carbocycles. The first kappa shape index (κ1) is 17.5. The second kappa shape index (κ2) is 6.88. The fourth-order valence-electron chi connectivity index (χ4n) is 2.86. The number of hydrogen-bond donors (Lipinski definition) is 1. The van der Waals surface area contributed by atoms with Crippen LogP contribution in [0.25, 0.3) is 0 Å². The first-order valence-electron chi connectivity index (χ1n) is 7.97. The first-order valence-corrected chi connectivity index (χ1v) is 8.35. The van der Waals surface area contributed by atoms with Gasteiger partial charge in [-0.05, 0) is 51.0 Å². The minimum atomic E-state index is -0.572. The topological polar surface area (TPSA) is 60.3 Å². The van der Waals surface area contributed by atoms with Crippen molar-refractivity contribution >= 4 is 29.2 Å². The van der Waals surface area contributed by atoms with E-state index in [0.717, 1.165) is 30.3 Å². The van der Waals surface area contributed by atoms with Gasteiger partial charge in [-0.2, -0.15) is 0 Å². The van der Waals surface area contributed by atoms with Crippen LogP contribution >= 0.6 is 11.6 Å². The highest BCUT2D eigenvalue weighted by atomic mass is 35.5. The molecule has 1 aliphatic carbocycles. The summed E-state index contributed by atoms with van der Waals surface area (Å²) in [7, 11) is 0. The Balaban J connectivity index is 1.59. The number of aromatic nitrogens is 1. The van der Waals surface area contributed by atoms with Crippen molar-refractivity contribution in [3.05, 3.63) is 52.1 Å². The third kappa shape index (κ3) is 3.85. The molecule has 1 aromatic heterocycles. The van der Waals surface area contributed by atoms with E-state index >= 15 is 0 Å². The van der Waals surface area contributed by atoms with E-state index in [0.29, 0.717) is 17.3 Å². The van der Waals surface area contributed by atoms with Crippen LogP contribution in [0.15, 0.2) is 24.3 Å². The molecule has 0 aliphatic heterocycles. The zero-order valence-electron chi connectivity index (χ0n) is 13.9. The molecule has 0 bridgehead atoms. The minimum Gasteiger partial charge on any atom is -0.452 e. The Morgan fingerprint density at radius 2 is 2.04 bits per heavy atom. The Morgan fingerprint density at radius 3 is 2.68 bits per heavy atom. The Morgan fingerprint density at radius 1 is 1.32 bits per heavy atom. The third-order valence-corrected chi connectivity index (χ3v) is 4.44. The largest absolute Gasteiger partial charge is 0.452 e. The van der Waals surface area contributed by atoms with E-state index < -0.39 is 24.3 Å². The van der Waals surface area contributed by atoms with Crippen LogP contribution in [0.5, 0.6) is 0 Å². The summed E-state index contributed by atoms with van der Waals surface area (Å²) >= 11 is 5.66. The molecule has 0 unspecified atom stereocenters. The van der Waals surface area contributed by atoms with Crippen LogP contribution in [0.1, 0.15) is 40.6 Å². The van der Waals surface area contributed by atoms with Gasteiger partial charge in [0.1, 0.15) is 5.82 Å². The van der Waals surface area contributed by atoms with Crippen molar-refractivity contribution in [2.45, 2.75) is 32.7 Å². The summed E-state index contributed by atoms with van der Waals surface area (Å²) in [5.74, 6) is -1.63. The number of ether oxygens (including phenoxy) is 1. The van der Waals surface area contributed by atoms with Crippen molar-refractivity contribution in [3.63, 3.8) is 0 Å². The van der Waals surface area contributed by atoms with Gasteiger partial charge in [0.05, 0.1) is 10.6 Å². The lowest BCUT2D eigenvalue weighted by molar-refractivity contribution is -0.119. The van der Waals surface area contributed by atoms with Gasteiger partial charge >= 0.3 is 5.97 Å². The van der Waals surface area contributed by atoms with Crippen LogP contribution in [-0.4, -0.2) is 23.1 Å². The summed E-state index contributed by atoms with van der Waals surface area (Å²) in [5, 5.41) is 2.41. The van der Waals surface area contributed by atoms with Gasteiger partial charge in [0, 0.05) is 23.1 Å². The number of amides is 1. The van der Waals surface area contributed by atoms with Crippen molar-refractivity contribution in [3.8, 4) is 0 Å². The fourth-order valence-corrected chi connectivity index (χ4v) is 3.04. The molecule has 1 amide bonds. The van der Waals surface area contributed by atoms with Crippen LogP contribution in [0.2, 0.25) is 5.02 Å². The number of esters is 1. The first-order chi connectivity index (χ1) is 11.9. The molecule has 132 valence electrons. The highest BCUT2D eigenvalue weighted by Gasteiger charge is 2.28. The summed E-state index contributed by atoms with van der Waals surface area (Å²) < 4.78 is 20.3. The number of nitrogens with one attached hydrogen (secondary N) is 1. The van der Waals surface area contributed by atoms with Gasteiger partial charge in [-0.1, -0.05) is 11.6 Å². The summed E-state index contributed by atoms with van der Waals surface area (Å²) in [6.07, 6.45) is 2.24. The molecule has 0 spiro atoms.